The molecule has 0 bridgehead atoms. The molecule has 3 atom stereocenters. The van der Waals surface area contributed by atoms with Gasteiger partial charge in [-0.25, -0.2) is 14.6 Å². The number of aromatic nitrogens is 4. The van der Waals surface area contributed by atoms with Gasteiger partial charge in [-0.2, -0.15) is 18.3 Å². The molecule has 0 spiro atoms. The quantitative estimate of drug-likeness (QED) is 0.809. The molecular formula is C18H20F3N5O2. The molecule has 2 aliphatic carbocycles. The second-order valence-electron chi connectivity index (χ2n) is 7.69. The summed E-state index contributed by atoms with van der Waals surface area (Å²) in [5, 5.41) is 16.6. The molecule has 1 fully saturated rings. The van der Waals surface area contributed by atoms with E-state index in [9.17, 15) is 23.1 Å². The molecule has 2 aromatic rings. The third kappa shape index (κ3) is 3.15. The average molecular weight is 395 g/mol. The second-order valence-corrected chi connectivity index (χ2v) is 7.69. The van der Waals surface area contributed by atoms with Crippen LogP contribution in [0.3, 0.4) is 0 Å². The lowest BCUT2D eigenvalue weighted by Crippen LogP contribution is -2.41. The normalized spacial score (nSPS) is 21.4. The molecule has 1 saturated carbocycles. The van der Waals surface area contributed by atoms with Crippen LogP contribution in [-0.4, -0.2) is 43.4 Å². The zero-order valence-corrected chi connectivity index (χ0v) is 15.4. The van der Waals surface area contributed by atoms with Gasteiger partial charge in [-0.3, -0.25) is 4.79 Å². The third-order valence-corrected chi connectivity index (χ3v) is 5.44. The number of alkyl halides is 3. The van der Waals surface area contributed by atoms with Crippen LogP contribution < -0.4 is 5.32 Å². The fourth-order valence-corrected chi connectivity index (χ4v) is 3.71. The van der Waals surface area contributed by atoms with Crippen molar-refractivity contribution in [2.24, 2.45) is 11.8 Å². The van der Waals surface area contributed by atoms with E-state index >= 15 is 0 Å². The van der Waals surface area contributed by atoms with Crippen molar-refractivity contribution in [1.29, 1.82) is 0 Å². The van der Waals surface area contributed by atoms with E-state index in [0.29, 0.717) is 18.5 Å². The van der Waals surface area contributed by atoms with Gasteiger partial charge in [0.05, 0.1) is 30.7 Å². The molecule has 2 aliphatic rings. The highest BCUT2D eigenvalue weighted by Gasteiger charge is 2.50. The second kappa shape index (κ2) is 6.54. The number of nitrogens with zero attached hydrogens (tertiary/aromatic N) is 4. The highest BCUT2D eigenvalue weighted by atomic mass is 19.4. The largest absolute Gasteiger partial charge is 0.434 e. The molecule has 0 saturated heterocycles. The summed E-state index contributed by atoms with van der Waals surface area (Å²) < 4.78 is 39.7. The first-order valence-corrected chi connectivity index (χ1v) is 9.13. The number of nitrogens with one attached hydrogen (secondary N) is 1. The smallest absolute Gasteiger partial charge is 0.394 e. The van der Waals surface area contributed by atoms with Crippen LogP contribution in [0.25, 0.3) is 5.82 Å². The maximum absolute atomic E-state index is 12.7. The lowest BCUT2D eigenvalue weighted by Gasteiger charge is -2.19. The Kier molecular flexibility index (Phi) is 4.40. The third-order valence-electron chi connectivity index (χ3n) is 5.44. The maximum Gasteiger partial charge on any atom is 0.434 e. The summed E-state index contributed by atoms with van der Waals surface area (Å²) in [5.74, 6) is 0.472. The van der Waals surface area contributed by atoms with Crippen LogP contribution in [0.2, 0.25) is 0 Å². The van der Waals surface area contributed by atoms with Crippen molar-refractivity contribution >= 4 is 5.91 Å². The summed E-state index contributed by atoms with van der Waals surface area (Å²) in [6, 6.07) is -0.407. The Morgan fingerprint density at radius 1 is 1.36 bits per heavy atom. The fraction of sp³-hybridized carbons (Fsp3) is 0.556. The Bertz CT molecular complexity index is 907. The van der Waals surface area contributed by atoms with Crippen LogP contribution in [0.15, 0.2) is 12.4 Å². The molecular weight excluding hydrogens is 375 g/mol. The van der Waals surface area contributed by atoms with E-state index in [1.54, 1.807) is 0 Å². The highest BCUT2D eigenvalue weighted by Crippen LogP contribution is 2.57. The zero-order valence-electron chi connectivity index (χ0n) is 15.4. The molecule has 2 N–H and O–H groups in total. The number of rotatable bonds is 5. The SMILES string of the molecule is CC(C)[C@@H](CO)NC(=O)c1nn(-c2cnc(C(F)(F)F)cn2)c2c1C[C@H]1C[C@@H]21. The van der Waals surface area contributed by atoms with Gasteiger partial charge in [-0.1, -0.05) is 13.8 Å². The van der Waals surface area contributed by atoms with Gasteiger partial charge in [0, 0.05) is 11.5 Å². The monoisotopic (exact) mass is 395 g/mol. The molecule has 150 valence electrons. The lowest BCUT2D eigenvalue weighted by molar-refractivity contribution is -0.141. The molecule has 0 radical (unpaired) electrons. The number of halogens is 3. The summed E-state index contributed by atoms with van der Waals surface area (Å²) in [6.45, 7) is 3.58. The number of fused-ring (bicyclic) bond motifs is 3. The number of hydrogen-bond donors (Lipinski definition) is 2. The van der Waals surface area contributed by atoms with Crippen molar-refractivity contribution < 1.29 is 23.1 Å². The van der Waals surface area contributed by atoms with E-state index in [4.69, 9.17) is 0 Å². The minimum absolute atomic E-state index is 0.0401. The lowest BCUT2D eigenvalue weighted by atomic mass is 10.0. The number of hydrogen-bond acceptors (Lipinski definition) is 5. The molecule has 0 aromatic carbocycles. The topological polar surface area (TPSA) is 92.9 Å². The highest BCUT2D eigenvalue weighted by molar-refractivity contribution is 5.94. The van der Waals surface area contributed by atoms with E-state index in [2.05, 4.69) is 20.4 Å². The summed E-state index contributed by atoms with van der Waals surface area (Å²) in [7, 11) is 0. The van der Waals surface area contributed by atoms with Crippen LogP contribution in [0.4, 0.5) is 13.2 Å². The minimum Gasteiger partial charge on any atom is -0.394 e. The van der Waals surface area contributed by atoms with E-state index in [-0.39, 0.29) is 30.0 Å². The van der Waals surface area contributed by atoms with Crippen molar-refractivity contribution in [3.63, 3.8) is 0 Å². The van der Waals surface area contributed by atoms with Crippen LogP contribution in [0, 0.1) is 11.8 Å². The van der Waals surface area contributed by atoms with E-state index in [0.717, 1.165) is 23.9 Å². The molecule has 0 aliphatic heterocycles. The van der Waals surface area contributed by atoms with Gasteiger partial charge in [0.25, 0.3) is 5.91 Å². The predicted molar refractivity (Wildman–Crippen MR) is 91.9 cm³/mol. The van der Waals surface area contributed by atoms with Gasteiger partial charge in [0.15, 0.2) is 17.2 Å². The molecule has 2 heterocycles. The van der Waals surface area contributed by atoms with Crippen LogP contribution >= 0.6 is 0 Å². The molecule has 1 amide bonds. The molecule has 28 heavy (non-hydrogen) atoms. The molecule has 10 heteroatoms. The first-order chi connectivity index (χ1) is 13.2. The number of carbonyl (C=O) groups excluding carboxylic acids is 1. The first kappa shape index (κ1) is 18.9. The number of amides is 1. The minimum atomic E-state index is -4.57. The van der Waals surface area contributed by atoms with Crippen molar-refractivity contribution in [3.05, 3.63) is 35.0 Å². The fourth-order valence-electron chi connectivity index (χ4n) is 3.71. The van der Waals surface area contributed by atoms with Crippen molar-refractivity contribution in [2.75, 3.05) is 6.61 Å². The van der Waals surface area contributed by atoms with Crippen LogP contribution in [0.5, 0.6) is 0 Å². The van der Waals surface area contributed by atoms with E-state index in [1.807, 2.05) is 13.8 Å². The number of carbonyl (C=O) groups is 1. The Morgan fingerprint density at radius 3 is 2.68 bits per heavy atom. The van der Waals surface area contributed by atoms with Gasteiger partial charge in [-0.15, -0.1) is 0 Å². The number of aliphatic hydroxyl groups is 1. The standard InChI is InChI=1S/C18H20F3N5O2/c1-8(2)12(7-27)24-17(28)15-11-4-9-3-10(9)16(11)26(25-15)14-6-22-13(5-23-14)18(19,20)21/h5-6,8-10,12,27H,3-4,7H2,1-2H3,(H,24,28)/t9-,10-,12-/m1/s1. The summed E-state index contributed by atoms with van der Waals surface area (Å²) in [5.41, 5.74) is 0.795. The Hall–Kier alpha value is -2.49. The van der Waals surface area contributed by atoms with Gasteiger partial charge < -0.3 is 10.4 Å². The molecule has 4 rings (SSSR count). The van der Waals surface area contributed by atoms with Gasteiger partial charge in [0.2, 0.25) is 0 Å². The summed E-state index contributed by atoms with van der Waals surface area (Å²) in [4.78, 5) is 20.1. The van der Waals surface area contributed by atoms with Crippen molar-refractivity contribution in [2.45, 2.75) is 44.8 Å². The molecule has 2 aromatic heterocycles. The van der Waals surface area contributed by atoms with Gasteiger partial charge in [0.1, 0.15) is 0 Å². The summed E-state index contributed by atoms with van der Waals surface area (Å²) >= 11 is 0. The maximum atomic E-state index is 12.7. The van der Waals surface area contributed by atoms with Crippen LogP contribution in [0.1, 0.15) is 53.6 Å². The molecule has 0 unspecified atom stereocenters. The number of aliphatic hydroxyl groups excluding tert-OH is 1. The Morgan fingerprint density at radius 2 is 2.11 bits per heavy atom. The first-order valence-electron chi connectivity index (χ1n) is 9.13. The zero-order chi connectivity index (χ0) is 20.2. The van der Waals surface area contributed by atoms with E-state index < -0.39 is 23.8 Å². The summed E-state index contributed by atoms with van der Waals surface area (Å²) in [6.07, 6.45) is -1.19. The average Bonchev–Trinajstić information content (AvgIpc) is 3.14. The van der Waals surface area contributed by atoms with Crippen molar-refractivity contribution in [1.82, 2.24) is 25.1 Å². The van der Waals surface area contributed by atoms with Crippen LogP contribution in [-0.2, 0) is 12.6 Å². The van der Waals surface area contributed by atoms with Gasteiger partial charge in [-0.05, 0) is 24.7 Å². The Balaban J connectivity index is 1.68. The molecule has 7 nitrogen and oxygen atoms in total. The van der Waals surface area contributed by atoms with Crippen molar-refractivity contribution in [3.8, 4) is 5.82 Å². The van der Waals surface area contributed by atoms with Gasteiger partial charge >= 0.3 is 6.18 Å². The van der Waals surface area contributed by atoms with E-state index in [1.165, 1.54) is 4.68 Å². The Labute approximate surface area is 159 Å². The predicted octanol–water partition coefficient (Wildman–Crippen LogP) is 2.09.